The van der Waals surface area contributed by atoms with E-state index in [0.29, 0.717) is 16.4 Å². The quantitative estimate of drug-likeness (QED) is 0.612. The van der Waals surface area contributed by atoms with E-state index in [1.807, 2.05) is 0 Å². The number of hydrogen-bond donors (Lipinski definition) is 2. The van der Waals surface area contributed by atoms with Crippen molar-refractivity contribution < 1.29 is 23.5 Å². The monoisotopic (exact) mass is 398 g/mol. The van der Waals surface area contributed by atoms with Gasteiger partial charge in [-0.05, 0) is 60.7 Å². The van der Waals surface area contributed by atoms with Gasteiger partial charge in [-0.25, -0.2) is 4.79 Å². The van der Waals surface area contributed by atoms with Crippen molar-refractivity contribution in [2.75, 3.05) is 17.2 Å². The van der Waals surface area contributed by atoms with Crippen molar-refractivity contribution in [2.45, 2.75) is 0 Å². The Hall–Kier alpha value is -3.58. The van der Waals surface area contributed by atoms with Gasteiger partial charge in [0.2, 0.25) is 0 Å². The molecule has 0 aliphatic heterocycles. The standard InChI is InChI=1S/C20H15ClN2O5/c21-14-5-9-15(10-6-14)22-18(24)12-28-20(26)13-3-7-16(8-4-13)23-19(25)17-2-1-11-27-17/h1-11H,12H2,(H,22,24)(H,23,25). The highest BCUT2D eigenvalue weighted by molar-refractivity contribution is 6.30. The van der Waals surface area contributed by atoms with E-state index in [4.69, 9.17) is 20.8 Å². The lowest BCUT2D eigenvalue weighted by Gasteiger charge is -2.08. The summed E-state index contributed by atoms with van der Waals surface area (Å²) >= 11 is 5.77. The number of carbonyl (C=O) groups is 3. The first kappa shape index (κ1) is 19.2. The van der Waals surface area contributed by atoms with Crippen molar-refractivity contribution in [2.24, 2.45) is 0 Å². The molecule has 2 amide bonds. The summed E-state index contributed by atoms with van der Waals surface area (Å²) in [6.45, 7) is -0.432. The van der Waals surface area contributed by atoms with Crippen LogP contribution in [0.5, 0.6) is 0 Å². The number of halogens is 1. The van der Waals surface area contributed by atoms with Crippen LogP contribution in [-0.4, -0.2) is 24.4 Å². The smallest absolute Gasteiger partial charge is 0.338 e. The van der Waals surface area contributed by atoms with Crippen LogP contribution < -0.4 is 10.6 Å². The number of esters is 1. The summed E-state index contributed by atoms with van der Waals surface area (Å²) in [6.07, 6.45) is 1.40. The molecule has 0 saturated carbocycles. The number of ether oxygens (including phenoxy) is 1. The minimum absolute atomic E-state index is 0.176. The van der Waals surface area contributed by atoms with Gasteiger partial charge in [-0.3, -0.25) is 9.59 Å². The normalized spacial score (nSPS) is 10.2. The molecule has 0 fully saturated rings. The molecule has 1 aromatic heterocycles. The fourth-order valence-corrected chi connectivity index (χ4v) is 2.36. The van der Waals surface area contributed by atoms with Crippen LogP contribution in [-0.2, 0) is 9.53 Å². The van der Waals surface area contributed by atoms with E-state index < -0.39 is 24.4 Å². The molecule has 0 aliphatic rings. The third-order valence-corrected chi connectivity index (χ3v) is 3.84. The number of carbonyl (C=O) groups excluding carboxylic acids is 3. The van der Waals surface area contributed by atoms with Crippen LogP contribution in [0.1, 0.15) is 20.9 Å². The highest BCUT2D eigenvalue weighted by Gasteiger charge is 2.12. The predicted molar refractivity (Wildman–Crippen MR) is 103 cm³/mol. The Morgan fingerprint density at radius 2 is 1.54 bits per heavy atom. The van der Waals surface area contributed by atoms with E-state index in [1.165, 1.54) is 24.5 Å². The Kier molecular flexibility index (Phi) is 6.08. The van der Waals surface area contributed by atoms with E-state index in [-0.39, 0.29) is 11.3 Å². The number of furan rings is 1. The van der Waals surface area contributed by atoms with Gasteiger partial charge < -0.3 is 19.8 Å². The molecule has 1 heterocycles. The lowest BCUT2D eigenvalue weighted by molar-refractivity contribution is -0.119. The molecule has 0 aliphatic carbocycles. The summed E-state index contributed by atoms with van der Waals surface area (Å²) in [7, 11) is 0. The van der Waals surface area contributed by atoms with Gasteiger partial charge in [-0.15, -0.1) is 0 Å². The maximum atomic E-state index is 12.0. The zero-order valence-corrected chi connectivity index (χ0v) is 15.2. The number of anilines is 2. The van der Waals surface area contributed by atoms with Gasteiger partial charge in [0, 0.05) is 16.4 Å². The Balaban J connectivity index is 1.49. The van der Waals surface area contributed by atoms with Crippen molar-refractivity contribution in [3.8, 4) is 0 Å². The van der Waals surface area contributed by atoms with Gasteiger partial charge in [0.1, 0.15) is 0 Å². The molecule has 0 bridgehead atoms. The van der Waals surface area contributed by atoms with Crippen molar-refractivity contribution in [1.82, 2.24) is 0 Å². The molecular formula is C20H15ClN2O5. The fourth-order valence-electron chi connectivity index (χ4n) is 2.23. The Bertz CT molecular complexity index is 967. The maximum Gasteiger partial charge on any atom is 0.338 e. The summed E-state index contributed by atoms with van der Waals surface area (Å²) in [5, 5.41) is 5.77. The third kappa shape index (κ3) is 5.21. The second kappa shape index (κ2) is 8.88. The van der Waals surface area contributed by atoms with Crippen molar-refractivity contribution in [3.63, 3.8) is 0 Å². The van der Waals surface area contributed by atoms with Gasteiger partial charge in [0.15, 0.2) is 12.4 Å². The number of hydrogen-bond acceptors (Lipinski definition) is 5. The maximum absolute atomic E-state index is 12.0. The molecule has 0 atom stereocenters. The summed E-state index contributed by atoms with van der Waals surface area (Å²) in [5.74, 6) is -1.36. The van der Waals surface area contributed by atoms with Crippen LogP contribution in [0.2, 0.25) is 5.02 Å². The number of nitrogens with one attached hydrogen (secondary N) is 2. The lowest BCUT2D eigenvalue weighted by Crippen LogP contribution is -2.20. The van der Waals surface area contributed by atoms with Gasteiger partial charge in [0.05, 0.1) is 11.8 Å². The molecular weight excluding hydrogens is 384 g/mol. The van der Waals surface area contributed by atoms with E-state index in [2.05, 4.69) is 10.6 Å². The highest BCUT2D eigenvalue weighted by atomic mass is 35.5. The van der Waals surface area contributed by atoms with E-state index in [9.17, 15) is 14.4 Å². The second-order valence-electron chi connectivity index (χ2n) is 5.64. The molecule has 28 heavy (non-hydrogen) atoms. The van der Waals surface area contributed by atoms with Gasteiger partial charge in [-0.1, -0.05) is 11.6 Å². The van der Waals surface area contributed by atoms with E-state index in [0.717, 1.165) is 0 Å². The van der Waals surface area contributed by atoms with Crippen LogP contribution in [0.4, 0.5) is 11.4 Å². The molecule has 0 unspecified atom stereocenters. The molecule has 7 nitrogen and oxygen atoms in total. The van der Waals surface area contributed by atoms with Crippen LogP contribution in [0, 0.1) is 0 Å². The van der Waals surface area contributed by atoms with Gasteiger partial charge >= 0.3 is 5.97 Å². The average Bonchev–Trinajstić information content (AvgIpc) is 3.23. The molecule has 0 spiro atoms. The van der Waals surface area contributed by atoms with Crippen molar-refractivity contribution in [3.05, 3.63) is 83.3 Å². The Morgan fingerprint density at radius 1 is 0.893 bits per heavy atom. The lowest BCUT2D eigenvalue weighted by atomic mass is 10.2. The first-order chi connectivity index (χ1) is 13.5. The van der Waals surface area contributed by atoms with Crippen LogP contribution in [0.15, 0.2) is 71.3 Å². The number of benzene rings is 2. The minimum Gasteiger partial charge on any atom is -0.459 e. The molecule has 2 N–H and O–H groups in total. The van der Waals surface area contributed by atoms with Crippen molar-refractivity contribution in [1.29, 1.82) is 0 Å². The van der Waals surface area contributed by atoms with Crippen LogP contribution in [0.25, 0.3) is 0 Å². The molecule has 0 radical (unpaired) electrons. The van der Waals surface area contributed by atoms with Gasteiger partial charge in [0.25, 0.3) is 11.8 Å². The Labute approximate surface area is 165 Å². The summed E-state index contributed by atoms with van der Waals surface area (Å²) in [6, 6.07) is 15.7. The minimum atomic E-state index is -0.657. The second-order valence-corrected chi connectivity index (χ2v) is 6.08. The average molecular weight is 399 g/mol. The highest BCUT2D eigenvalue weighted by Crippen LogP contribution is 2.14. The largest absolute Gasteiger partial charge is 0.459 e. The molecule has 3 aromatic rings. The van der Waals surface area contributed by atoms with Crippen molar-refractivity contribution >= 4 is 40.8 Å². The molecule has 8 heteroatoms. The first-order valence-electron chi connectivity index (χ1n) is 8.19. The SMILES string of the molecule is O=C(COC(=O)c1ccc(NC(=O)c2ccco2)cc1)Nc1ccc(Cl)cc1. The fraction of sp³-hybridized carbons (Fsp3) is 0.0500. The molecule has 3 rings (SSSR count). The van der Waals surface area contributed by atoms with Crippen LogP contribution in [0.3, 0.4) is 0 Å². The topological polar surface area (TPSA) is 97.6 Å². The van der Waals surface area contributed by atoms with E-state index >= 15 is 0 Å². The van der Waals surface area contributed by atoms with Crippen LogP contribution >= 0.6 is 11.6 Å². The van der Waals surface area contributed by atoms with E-state index in [1.54, 1.807) is 42.5 Å². The molecule has 142 valence electrons. The number of amides is 2. The first-order valence-corrected chi connectivity index (χ1v) is 8.56. The Morgan fingerprint density at radius 3 is 2.18 bits per heavy atom. The summed E-state index contributed by atoms with van der Waals surface area (Å²) in [4.78, 5) is 35.8. The number of rotatable bonds is 6. The predicted octanol–water partition coefficient (Wildman–Crippen LogP) is 3.98. The zero-order chi connectivity index (χ0) is 19.9. The third-order valence-electron chi connectivity index (χ3n) is 3.59. The zero-order valence-electron chi connectivity index (χ0n) is 14.5. The molecule has 2 aromatic carbocycles. The van der Waals surface area contributed by atoms with Gasteiger partial charge in [-0.2, -0.15) is 0 Å². The summed E-state index contributed by atoms with van der Waals surface area (Å²) < 4.78 is 9.99. The summed E-state index contributed by atoms with van der Waals surface area (Å²) in [5.41, 5.74) is 1.27. The molecule has 0 saturated heterocycles.